The summed E-state index contributed by atoms with van der Waals surface area (Å²) in [6.07, 6.45) is -1.01. The summed E-state index contributed by atoms with van der Waals surface area (Å²) in [5.74, 6) is -0.686. The number of halogens is 1. The van der Waals surface area contributed by atoms with Gasteiger partial charge in [-0.1, -0.05) is 11.6 Å². The van der Waals surface area contributed by atoms with Crippen LogP contribution in [-0.2, 0) is 9.53 Å². The van der Waals surface area contributed by atoms with Crippen LogP contribution in [0.25, 0.3) is 0 Å². The smallest absolute Gasteiger partial charge is 0.339 e. The van der Waals surface area contributed by atoms with Gasteiger partial charge in [0.15, 0.2) is 17.6 Å². The summed E-state index contributed by atoms with van der Waals surface area (Å²) < 4.78 is 15.1. The van der Waals surface area contributed by atoms with Crippen molar-refractivity contribution in [2.45, 2.75) is 13.0 Å². The molecule has 0 unspecified atom stereocenters. The van der Waals surface area contributed by atoms with E-state index in [1.165, 1.54) is 19.1 Å². The summed E-state index contributed by atoms with van der Waals surface area (Å²) in [5, 5.41) is 0.240. The molecule has 1 aliphatic rings. The predicted molar refractivity (Wildman–Crippen MR) is 61.6 cm³/mol. The Morgan fingerprint density at radius 1 is 1.44 bits per heavy atom. The van der Waals surface area contributed by atoms with E-state index in [0.29, 0.717) is 11.5 Å². The fourth-order valence-electron chi connectivity index (χ4n) is 1.37. The van der Waals surface area contributed by atoms with Crippen LogP contribution in [0.1, 0.15) is 17.3 Å². The zero-order valence-electron chi connectivity index (χ0n) is 9.44. The van der Waals surface area contributed by atoms with Crippen molar-refractivity contribution in [1.29, 1.82) is 0 Å². The number of carbonyl (C=O) groups is 2. The van der Waals surface area contributed by atoms with Crippen LogP contribution in [0.4, 0.5) is 0 Å². The minimum atomic E-state index is -1.01. The summed E-state index contributed by atoms with van der Waals surface area (Å²) in [6, 6.07) is 2.81. The lowest BCUT2D eigenvalue weighted by Crippen LogP contribution is -2.30. The molecule has 0 bridgehead atoms. The molecule has 0 aromatic heterocycles. The van der Waals surface area contributed by atoms with Crippen molar-refractivity contribution in [2.24, 2.45) is 5.73 Å². The van der Waals surface area contributed by atoms with E-state index in [2.05, 4.69) is 0 Å². The predicted octanol–water partition coefficient (Wildman–Crippen LogP) is 1.10. The van der Waals surface area contributed by atoms with Gasteiger partial charge >= 0.3 is 5.97 Å². The van der Waals surface area contributed by atoms with Crippen LogP contribution in [0.2, 0.25) is 5.02 Å². The zero-order valence-corrected chi connectivity index (χ0v) is 10.2. The Labute approximate surface area is 108 Å². The maximum atomic E-state index is 11.7. The number of nitrogens with two attached hydrogens (primary N) is 1. The van der Waals surface area contributed by atoms with Crippen LogP contribution in [-0.4, -0.2) is 24.8 Å². The first-order chi connectivity index (χ1) is 8.49. The third-order valence-electron chi connectivity index (χ3n) is 2.35. The standard InChI is InChI=1S/C11H10ClNO5/c1-5(10(13)14)18-11(15)6-2-7(12)9-8(3-6)16-4-17-9/h2-3,5H,4H2,1H3,(H2,13,14)/t5-/m1/s1. The number of hydrogen-bond donors (Lipinski definition) is 1. The second-order valence-corrected chi connectivity index (χ2v) is 4.05. The molecule has 1 atom stereocenters. The molecule has 7 heteroatoms. The molecule has 2 rings (SSSR count). The molecule has 1 heterocycles. The number of rotatable bonds is 3. The summed E-state index contributed by atoms with van der Waals surface area (Å²) >= 11 is 5.91. The molecule has 6 nitrogen and oxygen atoms in total. The van der Waals surface area contributed by atoms with Crippen molar-refractivity contribution < 1.29 is 23.8 Å². The molecule has 0 aliphatic carbocycles. The van der Waals surface area contributed by atoms with Crippen molar-refractivity contribution in [3.63, 3.8) is 0 Å². The third-order valence-corrected chi connectivity index (χ3v) is 2.63. The molecule has 1 aromatic rings. The van der Waals surface area contributed by atoms with E-state index in [9.17, 15) is 9.59 Å². The molecule has 0 fully saturated rings. The first-order valence-corrected chi connectivity index (χ1v) is 5.46. The molecular formula is C11H10ClNO5. The molecule has 1 aliphatic heterocycles. The van der Waals surface area contributed by atoms with Crippen molar-refractivity contribution in [2.75, 3.05) is 6.79 Å². The Morgan fingerprint density at radius 2 is 2.17 bits per heavy atom. The molecule has 2 N–H and O–H groups in total. The fourth-order valence-corrected chi connectivity index (χ4v) is 1.64. The number of fused-ring (bicyclic) bond motifs is 1. The van der Waals surface area contributed by atoms with E-state index in [0.717, 1.165) is 0 Å². The Kier molecular flexibility index (Phi) is 3.29. The zero-order chi connectivity index (χ0) is 13.3. The Morgan fingerprint density at radius 3 is 2.83 bits per heavy atom. The number of carbonyl (C=O) groups excluding carboxylic acids is 2. The minimum absolute atomic E-state index is 0.0469. The first-order valence-electron chi connectivity index (χ1n) is 5.08. The molecule has 0 saturated heterocycles. The maximum absolute atomic E-state index is 11.7. The number of hydrogen-bond acceptors (Lipinski definition) is 5. The second kappa shape index (κ2) is 4.73. The van der Waals surface area contributed by atoms with Gasteiger partial charge in [0, 0.05) is 0 Å². The SMILES string of the molecule is C[C@@H](OC(=O)c1cc(Cl)c2c(c1)OCO2)C(N)=O. The lowest BCUT2D eigenvalue weighted by Gasteiger charge is -2.10. The van der Waals surface area contributed by atoms with Crippen LogP contribution in [0.15, 0.2) is 12.1 Å². The van der Waals surface area contributed by atoms with Gasteiger partial charge in [-0.2, -0.15) is 0 Å². The second-order valence-electron chi connectivity index (χ2n) is 3.64. The van der Waals surface area contributed by atoms with E-state index >= 15 is 0 Å². The molecule has 0 spiro atoms. The number of ether oxygens (including phenoxy) is 3. The monoisotopic (exact) mass is 271 g/mol. The Hall–Kier alpha value is -1.95. The molecule has 1 aromatic carbocycles. The summed E-state index contributed by atoms with van der Waals surface area (Å²) in [5.41, 5.74) is 5.16. The highest BCUT2D eigenvalue weighted by molar-refractivity contribution is 6.32. The minimum Gasteiger partial charge on any atom is -0.454 e. The molecule has 0 radical (unpaired) electrons. The van der Waals surface area contributed by atoms with Crippen molar-refractivity contribution in [3.8, 4) is 11.5 Å². The van der Waals surface area contributed by atoms with Crippen LogP contribution in [0.3, 0.4) is 0 Å². The van der Waals surface area contributed by atoms with Crippen molar-refractivity contribution in [3.05, 3.63) is 22.7 Å². The highest BCUT2D eigenvalue weighted by Crippen LogP contribution is 2.39. The average molecular weight is 272 g/mol. The van der Waals surface area contributed by atoms with E-state index < -0.39 is 18.0 Å². The van der Waals surface area contributed by atoms with Gasteiger partial charge in [-0.05, 0) is 19.1 Å². The number of esters is 1. The Bertz CT molecular complexity index is 516. The van der Waals surface area contributed by atoms with Crippen LogP contribution in [0.5, 0.6) is 11.5 Å². The van der Waals surface area contributed by atoms with Gasteiger partial charge in [0.2, 0.25) is 6.79 Å². The summed E-state index contributed by atoms with van der Waals surface area (Å²) in [4.78, 5) is 22.5. The Balaban J connectivity index is 2.21. The van der Waals surface area contributed by atoms with Crippen LogP contribution in [0, 0.1) is 0 Å². The fraction of sp³-hybridized carbons (Fsp3) is 0.273. The molecule has 18 heavy (non-hydrogen) atoms. The third kappa shape index (κ3) is 2.33. The van der Waals surface area contributed by atoms with Gasteiger partial charge in [-0.3, -0.25) is 4.79 Å². The number of amides is 1. The highest BCUT2D eigenvalue weighted by atomic mass is 35.5. The lowest BCUT2D eigenvalue weighted by molar-refractivity contribution is -0.125. The molecular weight excluding hydrogens is 262 g/mol. The van der Waals surface area contributed by atoms with Gasteiger partial charge in [0.1, 0.15) is 0 Å². The van der Waals surface area contributed by atoms with Gasteiger partial charge < -0.3 is 19.9 Å². The van der Waals surface area contributed by atoms with E-state index in [1.807, 2.05) is 0 Å². The first kappa shape index (κ1) is 12.5. The quantitative estimate of drug-likeness (QED) is 0.832. The van der Waals surface area contributed by atoms with E-state index in [1.54, 1.807) is 0 Å². The molecule has 96 valence electrons. The van der Waals surface area contributed by atoms with Gasteiger partial charge in [0.05, 0.1) is 10.6 Å². The number of benzene rings is 1. The lowest BCUT2D eigenvalue weighted by atomic mass is 10.2. The van der Waals surface area contributed by atoms with Gasteiger partial charge in [-0.25, -0.2) is 4.79 Å². The van der Waals surface area contributed by atoms with Crippen LogP contribution < -0.4 is 15.2 Å². The van der Waals surface area contributed by atoms with Crippen molar-refractivity contribution >= 4 is 23.5 Å². The van der Waals surface area contributed by atoms with Crippen LogP contribution >= 0.6 is 11.6 Å². The van der Waals surface area contributed by atoms with E-state index in [-0.39, 0.29) is 17.4 Å². The largest absolute Gasteiger partial charge is 0.454 e. The summed E-state index contributed by atoms with van der Waals surface area (Å²) in [7, 11) is 0. The number of primary amides is 1. The summed E-state index contributed by atoms with van der Waals surface area (Å²) in [6.45, 7) is 1.43. The van der Waals surface area contributed by atoms with Crippen molar-refractivity contribution in [1.82, 2.24) is 0 Å². The van der Waals surface area contributed by atoms with Gasteiger partial charge in [0.25, 0.3) is 5.91 Å². The van der Waals surface area contributed by atoms with Gasteiger partial charge in [-0.15, -0.1) is 0 Å². The highest BCUT2D eigenvalue weighted by Gasteiger charge is 2.23. The average Bonchev–Trinajstić information content (AvgIpc) is 2.77. The molecule has 1 amide bonds. The maximum Gasteiger partial charge on any atom is 0.339 e. The van der Waals surface area contributed by atoms with E-state index in [4.69, 9.17) is 31.5 Å². The molecule has 0 saturated carbocycles. The topological polar surface area (TPSA) is 87.8 Å². The normalized spacial score (nSPS) is 14.1.